The van der Waals surface area contributed by atoms with Gasteiger partial charge in [0.15, 0.2) is 0 Å². The lowest BCUT2D eigenvalue weighted by Gasteiger charge is -2.21. The van der Waals surface area contributed by atoms with E-state index in [2.05, 4.69) is 0 Å². The minimum absolute atomic E-state index is 0.0427. The van der Waals surface area contributed by atoms with Gasteiger partial charge in [-0.2, -0.15) is 22.0 Å². The minimum Gasteiger partial charge on any atom is -0.507 e. The van der Waals surface area contributed by atoms with E-state index in [0.29, 0.717) is 6.07 Å². The van der Waals surface area contributed by atoms with Gasteiger partial charge in [0.2, 0.25) is 0 Å². The maximum atomic E-state index is 13.3. The maximum absolute atomic E-state index is 13.3. The Kier molecular flexibility index (Phi) is 2.68. The standard InChI is InChI=1S/C12H7F5O/c13-11(14,12(15,16)17)9-5-1-4-8-7(9)3-2-6-10(8)18/h1-6,18H. The third kappa shape index (κ3) is 1.77. The zero-order valence-electron chi connectivity index (χ0n) is 8.80. The van der Waals surface area contributed by atoms with Gasteiger partial charge in [-0.1, -0.05) is 30.3 Å². The van der Waals surface area contributed by atoms with Gasteiger partial charge in [0.25, 0.3) is 0 Å². The Labute approximate surface area is 98.5 Å². The van der Waals surface area contributed by atoms with Crippen LogP contribution in [-0.2, 0) is 5.92 Å². The summed E-state index contributed by atoms with van der Waals surface area (Å²) in [6, 6.07) is 6.59. The Bertz CT molecular complexity index is 589. The molecule has 0 aliphatic carbocycles. The molecule has 0 aliphatic rings. The highest BCUT2D eigenvalue weighted by molar-refractivity contribution is 5.91. The maximum Gasteiger partial charge on any atom is 0.458 e. The zero-order chi connectivity index (χ0) is 13.6. The van der Waals surface area contributed by atoms with Crippen LogP contribution in [0.5, 0.6) is 5.75 Å². The van der Waals surface area contributed by atoms with Crippen molar-refractivity contribution in [3.63, 3.8) is 0 Å². The predicted octanol–water partition coefficient (Wildman–Crippen LogP) is 4.20. The van der Waals surface area contributed by atoms with E-state index in [1.54, 1.807) is 0 Å². The van der Waals surface area contributed by atoms with Crippen LogP contribution in [0, 0.1) is 0 Å². The average molecular weight is 262 g/mol. The lowest BCUT2D eigenvalue weighted by atomic mass is 9.99. The van der Waals surface area contributed by atoms with Crippen LogP contribution >= 0.6 is 0 Å². The number of rotatable bonds is 1. The van der Waals surface area contributed by atoms with Gasteiger partial charge < -0.3 is 5.11 Å². The van der Waals surface area contributed by atoms with Gasteiger partial charge in [-0.25, -0.2) is 0 Å². The van der Waals surface area contributed by atoms with Crippen molar-refractivity contribution in [2.45, 2.75) is 12.1 Å². The molecule has 0 bridgehead atoms. The van der Waals surface area contributed by atoms with E-state index < -0.39 is 17.7 Å². The Morgan fingerprint density at radius 1 is 0.778 bits per heavy atom. The van der Waals surface area contributed by atoms with Crippen LogP contribution in [-0.4, -0.2) is 11.3 Å². The number of phenols is 1. The normalized spacial score (nSPS) is 12.9. The molecule has 0 aliphatic heterocycles. The molecule has 96 valence electrons. The van der Waals surface area contributed by atoms with Gasteiger partial charge in [-0.05, 0) is 11.5 Å². The van der Waals surface area contributed by atoms with E-state index in [-0.39, 0.29) is 16.5 Å². The summed E-state index contributed by atoms with van der Waals surface area (Å²) in [6.07, 6.45) is -5.67. The molecule has 0 aromatic heterocycles. The van der Waals surface area contributed by atoms with Crippen LogP contribution in [0.25, 0.3) is 10.8 Å². The van der Waals surface area contributed by atoms with Gasteiger partial charge in [0, 0.05) is 10.9 Å². The second-order valence-electron chi connectivity index (χ2n) is 3.75. The van der Waals surface area contributed by atoms with Crippen molar-refractivity contribution in [3.05, 3.63) is 42.0 Å². The summed E-state index contributed by atoms with van der Waals surface area (Å²) >= 11 is 0. The monoisotopic (exact) mass is 262 g/mol. The minimum atomic E-state index is -5.67. The second kappa shape index (κ2) is 3.83. The molecule has 0 fully saturated rings. The third-order valence-electron chi connectivity index (χ3n) is 2.59. The van der Waals surface area contributed by atoms with Gasteiger partial charge in [-0.15, -0.1) is 0 Å². The number of aromatic hydroxyl groups is 1. The first-order chi connectivity index (χ1) is 8.25. The Balaban J connectivity index is 2.77. The molecule has 2 aromatic carbocycles. The first-order valence-corrected chi connectivity index (χ1v) is 4.91. The molecule has 0 radical (unpaired) electrons. The Morgan fingerprint density at radius 3 is 1.94 bits per heavy atom. The zero-order valence-corrected chi connectivity index (χ0v) is 8.80. The molecule has 2 rings (SSSR count). The SMILES string of the molecule is Oc1cccc2c(C(F)(F)C(F)(F)F)cccc12. The molecule has 2 aromatic rings. The van der Waals surface area contributed by atoms with Gasteiger partial charge >= 0.3 is 12.1 Å². The van der Waals surface area contributed by atoms with Crippen LogP contribution in [0.2, 0.25) is 0 Å². The molecule has 0 atom stereocenters. The molecule has 6 heteroatoms. The fraction of sp³-hybridized carbons (Fsp3) is 0.167. The summed E-state index contributed by atoms with van der Waals surface area (Å²) in [6.45, 7) is 0. The van der Waals surface area contributed by atoms with E-state index in [0.717, 1.165) is 12.1 Å². The summed E-state index contributed by atoms with van der Waals surface area (Å²) in [4.78, 5) is 0. The van der Waals surface area contributed by atoms with Crippen molar-refractivity contribution in [2.24, 2.45) is 0 Å². The van der Waals surface area contributed by atoms with E-state index in [4.69, 9.17) is 0 Å². The quantitative estimate of drug-likeness (QED) is 0.763. The summed E-state index contributed by atoms with van der Waals surface area (Å²) in [5.74, 6) is -5.30. The highest BCUT2D eigenvalue weighted by atomic mass is 19.4. The highest BCUT2D eigenvalue weighted by Gasteiger charge is 2.59. The molecule has 0 saturated heterocycles. The highest BCUT2D eigenvalue weighted by Crippen LogP contribution is 2.46. The van der Waals surface area contributed by atoms with Crippen LogP contribution in [0.1, 0.15) is 5.56 Å². The molecule has 0 amide bonds. The predicted molar refractivity (Wildman–Crippen MR) is 55.6 cm³/mol. The van der Waals surface area contributed by atoms with Crippen molar-refractivity contribution in [2.75, 3.05) is 0 Å². The van der Waals surface area contributed by atoms with E-state index in [9.17, 15) is 27.1 Å². The van der Waals surface area contributed by atoms with Gasteiger partial charge in [0.1, 0.15) is 5.75 Å². The van der Waals surface area contributed by atoms with Crippen molar-refractivity contribution in [3.8, 4) is 5.75 Å². The van der Waals surface area contributed by atoms with Crippen LogP contribution < -0.4 is 0 Å². The molecule has 0 saturated carbocycles. The molecule has 1 N–H and O–H groups in total. The lowest BCUT2D eigenvalue weighted by Crippen LogP contribution is -2.33. The van der Waals surface area contributed by atoms with E-state index in [1.165, 1.54) is 18.2 Å². The molecule has 0 spiro atoms. The van der Waals surface area contributed by atoms with Crippen LogP contribution in [0.15, 0.2) is 36.4 Å². The fourth-order valence-corrected chi connectivity index (χ4v) is 1.72. The number of hydrogen-bond donors (Lipinski definition) is 1. The van der Waals surface area contributed by atoms with Crippen molar-refractivity contribution in [1.82, 2.24) is 0 Å². The summed E-state index contributed by atoms with van der Waals surface area (Å²) in [5.41, 5.74) is -1.16. The van der Waals surface area contributed by atoms with E-state index in [1.807, 2.05) is 0 Å². The van der Waals surface area contributed by atoms with Crippen LogP contribution in [0.4, 0.5) is 22.0 Å². The van der Waals surface area contributed by atoms with E-state index >= 15 is 0 Å². The number of hydrogen-bond acceptors (Lipinski definition) is 1. The number of halogens is 5. The van der Waals surface area contributed by atoms with Crippen molar-refractivity contribution in [1.29, 1.82) is 0 Å². The third-order valence-corrected chi connectivity index (χ3v) is 2.59. The first-order valence-electron chi connectivity index (χ1n) is 4.91. The smallest absolute Gasteiger partial charge is 0.458 e. The molecular formula is C12H7F5O. The number of benzene rings is 2. The van der Waals surface area contributed by atoms with Gasteiger partial charge in [-0.3, -0.25) is 0 Å². The van der Waals surface area contributed by atoms with Crippen LogP contribution in [0.3, 0.4) is 0 Å². The Hall–Kier alpha value is -1.85. The van der Waals surface area contributed by atoms with Gasteiger partial charge in [0.05, 0.1) is 0 Å². The lowest BCUT2D eigenvalue weighted by molar-refractivity contribution is -0.288. The first kappa shape index (κ1) is 12.6. The summed E-state index contributed by atoms with van der Waals surface area (Å²) in [5, 5.41) is 9.08. The van der Waals surface area contributed by atoms with Crippen molar-refractivity contribution >= 4 is 10.8 Å². The Morgan fingerprint density at radius 2 is 1.33 bits per heavy atom. The largest absolute Gasteiger partial charge is 0.507 e. The number of fused-ring (bicyclic) bond motifs is 1. The number of alkyl halides is 5. The van der Waals surface area contributed by atoms with Crippen molar-refractivity contribution < 1.29 is 27.1 Å². The molecule has 18 heavy (non-hydrogen) atoms. The second-order valence-corrected chi connectivity index (χ2v) is 3.75. The fourth-order valence-electron chi connectivity index (χ4n) is 1.72. The molecule has 1 nitrogen and oxygen atoms in total. The topological polar surface area (TPSA) is 20.2 Å². The summed E-state index contributed by atoms with van der Waals surface area (Å²) in [7, 11) is 0. The summed E-state index contributed by atoms with van der Waals surface area (Å²) < 4.78 is 63.6. The molecular weight excluding hydrogens is 255 g/mol. The number of phenolic OH excluding ortho intramolecular Hbond substituents is 1. The molecule has 0 heterocycles. The molecule has 0 unspecified atom stereocenters. The average Bonchev–Trinajstić information content (AvgIpc) is 2.27.